The Labute approximate surface area is 122 Å². The Morgan fingerprint density at radius 1 is 1.65 bits per heavy atom. The summed E-state index contributed by atoms with van der Waals surface area (Å²) in [5.74, 6) is 1.71. The first-order valence-corrected chi connectivity index (χ1v) is 7.13. The van der Waals surface area contributed by atoms with Crippen LogP contribution in [-0.4, -0.2) is 41.9 Å². The van der Waals surface area contributed by atoms with Crippen molar-refractivity contribution < 1.29 is 4.74 Å². The molecule has 0 saturated carbocycles. The summed E-state index contributed by atoms with van der Waals surface area (Å²) >= 11 is 1.51. The zero-order valence-corrected chi connectivity index (χ0v) is 12.2. The number of hydrogen-bond donors (Lipinski definition) is 2. The normalized spacial score (nSPS) is 11.1. The highest BCUT2D eigenvalue weighted by Gasteiger charge is 2.01. The van der Waals surface area contributed by atoms with Gasteiger partial charge in [0.2, 0.25) is 0 Å². The van der Waals surface area contributed by atoms with Crippen molar-refractivity contribution in [1.29, 1.82) is 5.26 Å². The molecule has 0 amide bonds. The van der Waals surface area contributed by atoms with Crippen molar-refractivity contribution >= 4 is 23.5 Å². The van der Waals surface area contributed by atoms with Crippen LogP contribution in [0.2, 0.25) is 0 Å². The van der Waals surface area contributed by atoms with Crippen LogP contribution >= 0.6 is 11.8 Å². The summed E-state index contributed by atoms with van der Waals surface area (Å²) in [5.41, 5.74) is 5.72. The van der Waals surface area contributed by atoms with Crippen molar-refractivity contribution in [3.63, 3.8) is 0 Å². The Hall–Kier alpha value is -1.85. The minimum atomic E-state index is 0.293. The Kier molecular flexibility index (Phi) is 8.10. The molecule has 0 aliphatic carbocycles. The quantitative estimate of drug-likeness (QED) is 0.244. The van der Waals surface area contributed by atoms with Crippen molar-refractivity contribution in [3.05, 3.63) is 12.3 Å². The molecule has 0 unspecified atom stereocenters. The summed E-state index contributed by atoms with van der Waals surface area (Å²) < 4.78 is 4.88. The summed E-state index contributed by atoms with van der Waals surface area (Å²) in [7, 11) is 1.61. The van der Waals surface area contributed by atoms with Gasteiger partial charge in [0.1, 0.15) is 5.82 Å². The molecule has 0 spiro atoms. The zero-order chi connectivity index (χ0) is 14.6. The van der Waals surface area contributed by atoms with E-state index in [-0.39, 0.29) is 0 Å². The van der Waals surface area contributed by atoms with E-state index in [0.29, 0.717) is 36.5 Å². The lowest BCUT2D eigenvalue weighted by Crippen LogP contribution is -2.24. The summed E-state index contributed by atoms with van der Waals surface area (Å²) in [5, 5.41) is 12.0. The van der Waals surface area contributed by atoms with Gasteiger partial charge in [-0.1, -0.05) is 11.8 Å². The molecular weight excluding hydrogens is 276 g/mol. The molecule has 20 heavy (non-hydrogen) atoms. The third-order valence-electron chi connectivity index (χ3n) is 2.13. The number of nitriles is 1. The lowest BCUT2D eigenvalue weighted by atomic mass is 10.4. The third-order valence-corrected chi connectivity index (χ3v) is 3.08. The molecule has 0 aliphatic heterocycles. The Bertz CT molecular complexity index is 473. The van der Waals surface area contributed by atoms with Crippen LogP contribution in [-0.2, 0) is 4.74 Å². The highest BCUT2D eigenvalue weighted by molar-refractivity contribution is 7.99. The van der Waals surface area contributed by atoms with Crippen LogP contribution in [0.25, 0.3) is 0 Å². The van der Waals surface area contributed by atoms with Crippen LogP contribution in [0.3, 0.4) is 0 Å². The smallest absolute Gasteiger partial charge is 0.194 e. The molecule has 108 valence electrons. The number of hydrogen-bond acceptors (Lipinski definition) is 6. The Balaban J connectivity index is 2.46. The number of nitrogens with zero attached hydrogens (tertiary/aromatic N) is 4. The van der Waals surface area contributed by atoms with E-state index in [9.17, 15) is 0 Å². The second-order valence-electron chi connectivity index (χ2n) is 3.72. The molecule has 0 atom stereocenters. The number of guanidine groups is 1. The van der Waals surface area contributed by atoms with E-state index in [0.717, 1.165) is 12.2 Å². The maximum absolute atomic E-state index is 8.46. The maximum Gasteiger partial charge on any atom is 0.194 e. The molecule has 3 N–H and O–H groups in total. The van der Waals surface area contributed by atoms with Gasteiger partial charge in [-0.15, -0.1) is 0 Å². The van der Waals surface area contributed by atoms with Crippen molar-refractivity contribution in [3.8, 4) is 6.07 Å². The average Bonchev–Trinajstić information content (AvgIpc) is 2.44. The number of rotatable bonds is 8. The zero-order valence-electron chi connectivity index (χ0n) is 11.4. The molecule has 0 radical (unpaired) electrons. The number of aliphatic imine (C=N–C) groups is 1. The summed E-state index contributed by atoms with van der Waals surface area (Å²) in [4.78, 5) is 12.5. The number of nitrogens with two attached hydrogens (primary N) is 1. The predicted molar refractivity (Wildman–Crippen MR) is 79.6 cm³/mol. The molecule has 0 aromatic carbocycles. The van der Waals surface area contributed by atoms with E-state index in [2.05, 4.69) is 26.3 Å². The maximum atomic E-state index is 8.46. The second kappa shape index (κ2) is 10.00. The lowest BCUT2D eigenvalue weighted by molar-refractivity contribution is 0.208. The monoisotopic (exact) mass is 294 g/mol. The average molecular weight is 294 g/mol. The van der Waals surface area contributed by atoms with E-state index in [4.69, 9.17) is 15.7 Å². The number of anilines is 1. The minimum Gasteiger partial charge on any atom is -0.383 e. The SMILES string of the molecule is COCCN=C(N)Nc1ccnc(SCCCC#N)n1. The Morgan fingerprint density at radius 2 is 2.50 bits per heavy atom. The number of unbranched alkanes of at least 4 members (excludes halogenated alkanes) is 1. The molecular formula is C12H18N6OS. The molecule has 7 nitrogen and oxygen atoms in total. The van der Waals surface area contributed by atoms with Crippen LogP contribution in [0.5, 0.6) is 0 Å². The van der Waals surface area contributed by atoms with Crippen molar-refractivity contribution in [1.82, 2.24) is 9.97 Å². The number of thioether (sulfide) groups is 1. The molecule has 0 fully saturated rings. The van der Waals surface area contributed by atoms with Gasteiger partial charge in [-0.25, -0.2) is 9.97 Å². The van der Waals surface area contributed by atoms with Crippen LogP contribution in [0.1, 0.15) is 12.8 Å². The van der Waals surface area contributed by atoms with Crippen molar-refractivity contribution in [2.75, 3.05) is 31.3 Å². The van der Waals surface area contributed by atoms with E-state index in [1.807, 2.05) is 0 Å². The highest BCUT2D eigenvalue weighted by Crippen LogP contribution is 2.15. The molecule has 1 aromatic heterocycles. The van der Waals surface area contributed by atoms with Gasteiger partial charge in [-0.2, -0.15) is 5.26 Å². The van der Waals surface area contributed by atoms with Crippen LogP contribution in [0.4, 0.5) is 5.82 Å². The van der Waals surface area contributed by atoms with Gasteiger partial charge >= 0.3 is 0 Å². The van der Waals surface area contributed by atoms with E-state index in [1.165, 1.54) is 11.8 Å². The highest BCUT2D eigenvalue weighted by atomic mass is 32.2. The van der Waals surface area contributed by atoms with Crippen LogP contribution in [0, 0.1) is 11.3 Å². The second-order valence-corrected chi connectivity index (χ2v) is 4.78. The first-order valence-electron chi connectivity index (χ1n) is 6.15. The summed E-state index contributed by atoms with van der Waals surface area (Å²) in [6.07, 6.45) is 3.03. The molecule has 0 bridgehead atoms. The molecule has 0 aliphatic rings. The van der Waals surface area contributed by atoms with E-state index >= 15 is 0 Å². The summed E-state index contributed by atoms with van der Waals surface area (Å²) in [6, 6.07) is 3.83. The van der Waals surface area contributed by atoms with Crippen LogP contribution < -0.4 is 11.1 Å². The van der Waals surface area contributed by atoms with Crippen LogP contribution in [0.15, 0.2) is 22.4 Å². The molecule has 1 heterocycles. The van der Waals surface area contributed by atoms with Gasteiger partial charge in [0, 0.05) is 25.5 Å². The number of nitrogens with one attached hydrogen (secondary N) is 1. The van der Waals surface area contributed by atoms with Gasteiger partial charge in [-0.05, 0) is 12.5 Å². The lowest BCUT2D eigenvalue weighted by Gasteiger charge is -2.05. The topological polar surface area (TPSA) is 109 Å². The Morgan fingerprint density at radius 3 is 3.25 bits per heavy atom. The van der Waals surface area contributed by atoms with Gasteiger partial charge in [0.25, 0.3) is 0 Å². The van der Waals surface area contributed by atoms with Gasteiger partial charge in [-0.3, -0.25) is 4.99 Å². The largest absolute Gasteiger partial charge is 0.383 e. The first-order chi connectivity index (χ1) is 9.76. The minimum absolute atomic E-state index is 0.293. The molecule has 1 rings (SSSR count). The van der Waals surface area contributed by atoms with Crippen molar-refractivity contribution in [2.24, 2.45) is 10.7 Å². The van der Waals surface area contributed by atoms with E-state index < -0.39 is 0 Å². The molecule has 0 saturated heterocycles. The number of methoxy groups -OCH3 is 1. The summed E-state index contributed by atoms with van der Waals surface area (Å²) in [6.45, 7) is 1.02. The van der Waals surface area contributed by atoms with E-state index in [1.54, 1.807) is 19.4 Å². The predicted octanol–water partition coefficient (Wildman–Crippen LogP) is 1.25. The van der Waals surface area contributed by atoms with Gasteiger partial charge in [0.15, 0.2) is 11.1 Å². The van der Waals surface area contributed by atoms with Crippen molar-refractivity contribution in [2.45, 2.75) is 18.0 Å². The fraction of sp³-hybridized carbons (Fsp3) is 0.500. The molecule has 1 aromatic rings. The van der Waals surface area contributed by atoms with Gasteiger partial charge < -0.3 is 15.8 Å². The third kappa shape index (κ3) is 6.92. The number of aromatic nitrogens is 2. The molecule has 8 heteroatoms. The fourth-order valence-corrected chi connectivity index (χ4v) is 1.99. The first kappa shape index (κ1) is 16.2. The fourth-order valence-electron chi connectivity index (χ4n) is 1.22. The number of ether oxygens (including phenoxy) is 1. The van der Waals surface area contributed by atoms with Gasteiger partial charge in [0.05, 0.1) is 19.2 Å². The standard InChI is InChI=1S/C12H18N6OS/c1-19-8-7-15-11(14)17-10-4-6-16-12(18-10)20-9-3-2-5-13/h4,6H,2-3,7-9H2,1H3,(H3,14,15,16,17,18).